The fourth-order valence-electron chi connectivity index (χ4n) is 4.34. The molecular formula is C28H23F3INO3S. The average molecular weight is 637 g/mol. The number of carbonyl (C=O) groups excluding carboxylic acids is 1. The maximum Gasteiger partial charge on any atom is 0.416 e. The molecule has 5 rings (SSSR count). The Balaban J connectivity index is 1.38. The second-order valence-corrected chi connectivity index (χ2v) is 11.1. The van der Waals surface area contributed by atoms with Crippen LogP contribution in [0.1, 0.15) is 26.4 Å². The van der Waals surface area contributed by atoms with E-state index in [4.69, 9.17) is 4.74 Å². The summed E-state index contributed by atoms with van der Waals surface area (Å²) in [5.41, 5.74) is 0.493. The number of benzene rings is 3. The number of halogens is 4. The third kappa shape index (κ3) is 5.78. The minimum atomic E-state index is -4.48. The van der Waals surface area contributed by atoms with E-state index in [1.54, 1.807) is 6.07 Å². The number of phenols is 1. The third-order valence-electron chi connectivity index (χ3n) is 6.42. The van der Waals surface area contributed by atoms with Crippen molar-refractivity contribution in [2.75, 3.05) is 24.1 Å². The number of alkyl halides is 4. The maximum atomic E-state index is 13.3. The number of likely N-dealkylation sites (tertiary alicyclic amines) is 1. The number of hydrogen-bond donors (Lipinski definition) is 1. The van der Waals surface area contributed by atoms with Gasteiger partial charge in [0, 0.05) is 39.7 Å². The van der Waals surface area contributed by atoms with Gasteiger partial charge in [0.05, 0.1) is 5.56 Å². The highest BCUT2D eigenvalue weighted by Gasteiger charge is 2.31. The Bertz CT molecular complexity index is 1410. The van der Waals surface area contributed by atoms with Crippen LogP contribution >= 0.6 is 33.9 Å². The molecule has 1 N–H and O–H groups in total. The molecule has 0 spiro atoms. The average Bonchev–Trinajstić information content (AvgIpc) is 3.20. The number of aromatic hydroxyl groups is 1. The predicted molar refractivity (Wildman–Crippen MR) is 147 cm³/mol. The van der Waals surface area contributed by atoms with Crippen molar-refractivity contribution < 1.29 is 27.8 Å². The van der Waals surface area contributed by atoms with Crippen molar-refractivity contribution in [1.82, 2.24) is 4.90 Å². The molecule has 0 amide bonds. The minimum Gasteiger partial charge on any atom is -0.508 e. The molecule has 1 aliphatic rings. The molecule has 1 aliphatic heterocycles. The van der Waals surface area contributed by atoms with Gasteiger partial charge in [-0.1, -0.05) is 46.9 Å². The van der Waals surface area contributed by atoms with Crippen LogP contribution in [0.15, 0.2) is 66.7 Å². The van der Waals surface area contributed by atoms with E-state index in [1.165, 1.54) is 34.3 Å². The minimum absolute atomic E-state index is 0.0465. The Morgan fingerprint density at radius 2 is 1.76 bits per heavy atom. The highest BCUT2D eigenvalue weighted by Crippen LogP contribution is 2.43. The quantitative estimate of drug-likeness (QED) is 0.123. The van der Waals surface area contributed by atoms with Crippen LogP contribution in [0.3, 0.4) is 0 Å². The Morgan fingerprint density at radius 3 is 2.41 bits per heavy atom. The molecule has 192 valence electrons. The summed E-state index contributed by atoms with van der Waals surface area (Å²) in [6.45, 7) is 3.32. The number of fused-ring (bicyclic) bond motifs is 1. The van der Waals surface area contributed by atoms with E-state index >= 15 is 0 Å². The first-order valence-corrected chi connectivity index (χ1v) is 14.1. The summed E-state index contributed by atoms with van der Waals surface area (Å²) in [7, 11) is 0. The van der Waals surface area contributed by atoms with Crippen LogP contribution in [0, 0.1) is 5.92 Å². The second kappa shape index (κ2) is 10.6. The molecule has 0 radical (unpaired) electrons. The van der Waals surface area contributed by atoms with Crippen molar-refractivity contribution in [3.8, 4) is 17.2 Å². The lowest BCUT2D eigenvalue weighted by Gasteiger charge is -2.38. The summed E-state index contributed by atoms with van der Waals surface area (Å²) in [4.78, 5) is 16.0. The molecule has 1 saturated heterocycles. The van der Waals surface area contributed by atoms with Gasteiger partial charge in [0.15, 0.2) is 5.75 Å². The molecule has 0 saturated carbocycles. The SMILES string of the molecule is O=C(c1ccc(C(F)(F)F)cc1)c1sc2cc(O)ccc2c1Oc1ccc(CCN2CC(CI)C2)cc1. The molecule has 4 aromatic rings. The zero-order chi connectivity index (χ0) is 26.2. The standard InChI is InChI=1S/C28H23F3INO3S/c29-28(30,31)20-5-3-19(4-6-20)25(35)27-26(23-10-7-21(34)13-24(23)37-27)36-22-8-1-17(2-9-22)11-12-33-15-18(14-32)16-33/h1-10,13,18,34H,11-12,14-16H2. The Labute approximate surface area is 229 Å². The van der Waals surface area contributed by atoms with E-state index in [-0.39, 0.29) is 16.2 Å². The van der Waals surface area contributed by atoms with Gasteiger partial charge in [-0.25, -0.2) is 0 Å². The van der Waals surface area contributed by atoms with Crippen molar-refractivity contribution in [3.05, 3.63) is 88.3 Å². The summed E-state index contributed by atoms with van der Waals surface area (Å²) >= 11 is 3.57. The van der Waals surface area contributed by atoms with Gasteiger partial charge in [-0.2, -0.15) is 13.2 Å². The predicted octanol–water partition coefficient (Wildman–Crippen LogP) is 7.56. The van der Waals surface area contributed by atoms with Gasteiger partial charge in [0.2, 0.25) is 5.78 Å². The molecule has 1 fully saturated rings. The molecule has 2 heterocycles. The second-order valence-electron chi connectivity index (χ2n) is 9.12. The molecule has 0 atom stereocenters. The van der Waals surface area contributed by atoms with Crippen LogP contribution in [0.2, 0.25) is 0 Å². The molecule has 4 nitrogen and oxygen atoms in total. The van der Waals surface area contributed by atoms with Crippen LogP contribution in [-0.2, 0) is 12.6 Å². The van der Waals surface area contributed by atoms with Crippen molar-refractivity contribution in [2.24, 2.45) is 5.92 Å². The number of rotatable bonds is 8. The van der Waals surface area contributed by atoms with E-state index in [0.717, 1.165) is 55.4 Å². The smallest absolute Gasteiger partial charge is 0.416 e. The fraction of sp³-hybridized carbons (Fsp3) is 0.250. The van der Waals surface area contributed by atoms with Gasteiger partial charge in [-0.15, -0.1) is 11.3 Å². The van der Waals surface area contributed by atoms with E-state index in [0.29, 0.717) is 21.6 Å². The van der Waals surface area contributed by atoms with Crippen molar-refractivity contribution in [3.63, 3.8) is 0 Å². The lowest BCUT2D eigenvalue weighted by molar-refractivity contribution is -0.137. The van der Waals surface area contributed by atoms with Crippen molar-refractivity contribution >= 4 is 49.8 Å². The van der Waals surface area contributed by atoms with Crippen molar-refractivity contribution in [2.45, 2.75) is 12.6 Å². The summed E-state index contributed by atoms with van der Waals surface area (Å²) in [5.74, 6) is 1.28. The number of ether oxygens (including phenoxy) is 1. The summed E-state index contributed by atoms with van der Waals surface area (Å²) in [6.07, 6.45) is -3.55. The van der Waals surface area contributed by atoms with E-state index in [1.807, 2.05) is 24.3 Å². The molecule has 9 heteroatoms. The number of carbonyl (C=O) groups is 1. The van der Waals surface area contributed by atoms with Crippen LogP contribution in [0.25, 0.3) is 10.1 Å². The fourth-order valence-corrected chi connectivity index (χ4v) is 6.02. The first-order valence-electron chi connectivity index (χ1n) is 11.7. The van der Waals surface area contributed by atoms with Gasteiger partial charge in [-0.05, 0) is 60.4 Å². The lowest BCUT2D eigenvalue weighted by Crippen LogP contribution is -2.48. The molecular weight excluding hydrogens is 614 g/mol. The molecule has 0 unspecified atom stereocenters. The van der Waals surface area contributed by atoms with Crippen LogP contribution in [0.4, 0.5) is 13.2 Å². The first kappa shape index (κ1) is 26.0. The Kier molecular flexibility index (Phi) is 7.46. The van der Waals surface area contributed by atoms with Crippen LogP contribution in [0.5, 0.6) is 17.2 Å². The number of nitrogens with zero attached hydrogens (tertiary/aromatic N) is 1. The maximum absolute atomic E-state index is 13.3. The number of thiophene rings is 1. The van der Waals surface area contributed by atoms with E-state index in [9.17, 15) is 23.1 Å². The van der Waals surface area contributed by atoms with E-state index < -0.39 is 17.5 Å². The Hall–Kier alpha value is -2.63. The largest absolute Gasteiger partial charge is 0.508 e. The van der Waals surface area contributed by atoms with Gasteiger partial charge in [-0.3, -0.25) is 4.79 Å². The lowest BCUT2D eigenvalue weighted by atomic mass is 10.0. The number of hydrogen-bond acceptors (Lipinski definition) is 5. The molecule has 0 aliphatic carbocycles. The number of phenolic OH excluding ortho intramolecular Hbond substituents is 1. The van der Waals surface area contributed by atoms with Crippen LogP contribution < -0.4 is 4.74 Å². The zero-order valence-electron chi connectivity index (χ0n) is 19.6. The molecule has 3 aromatic carbocycles. The summed E-state index contributed by atoms with van der Waals surface area (Å²) in [6, 6.07) is 16.6. The Morgan fingerprint density at radius 1 is 1.05 bits per heavy atom. The monoisotopic (exact) mass is 637 g/mol. The highest BCUT2D eigenvalue weighted by atomic mass is 127. The highest BCUT2D eigenvalue weighted by molar-refractivity contribution is 14.1. The van der Waals surface area contributed by atoms with Gasteiger partial charge < -0.3 is 14.7 Å². The van der Waals surface area contributed by atoms with Gasteiger partial charge >= 0.3 is 6.18 Å². The molecule has 1 aromatic heterocycles. The number of ketones is 1. The summed E-state index contributed by atoms with van der Waals surface area (Å²) in [5, 5.41) is 10.6. The van der Waals surface area contributed by atoms with Crippen molar-refractivity contribution in [1.29, 1.82) is 0 Å². The van der Waals surface area contributed by atoms with Gasteiger partial charge in [0.1, 0.15) is 16.4 Å². The first-order chi connectivity index (χ1) is 17.7. The van der Waals surface area contributed by atoms with Gasteiger partial charge in [0.25, 0.3) is 0 Å². The zero-order valence-corrected chi connectivity index (χ0v) is 22.6. The topological polar surface area (TPSA) is 49.8 Å². The molecule has 0 bridgehead atoms. The van der Waals surface area contributed by atoms with Crippen LogP contribution in [-0.4, -0.2) is 39.9 Å². The molecule has 37 heavy (non-hydrogen) atoms. The van der Waals surface area contributed by atoms with E-state index in [2.05, 4.69) is 27.5 Å². The summed E-state index contributed by atoms with van der Waals surface area (Å²) < 4.78 is 46.9. The normalized spacial score (nSPS) is 14.6. The third-order valence-corrected chi connectivity index (χ3v) is 8.80.